The summed E-state index contributed by atoms with van der Waals surface area (Å²) in [5.41, 5.74) is 0.942. The molecule has 2 aromatic rings. The first-order valence-electron chi connectivity index (χ1n) is 7.87. The highest BCUT2D eigenvalue weighted by molar-refractivity contribution is 5.76. The van der Waals surface area contributed by atoms with Crippen LogP contribution in [0.5, 0.6) is 11.6 Å². The fraction of sp³-hybridized carbons (Fsp3) is 0.333. The number of benzene rings is 1. The van der Waals surface area contributed by atoms with Crippen molar-refractivity contribution in [3.63, 3.8) is 0 Å². The summed E-state index contributed by atoms with van der Waals surface area (Å²) in [6.07, 6.45) is 1.71. The standard InChI is InChI=1S/C18H20N2O4/c1-22-16-8-7-14(11-20-16)24-17(15-9-10-19-15)18(21)23-12-13-5-3-2-4-6-13/h2-8,11,15,17,19H,9-10,12H2,1H3/t15-,17?/m0/s1. The van der Waals surface area contributed by atoms with Crippen LogP contribution in [-0.4, -0.2) is 36.8 Å². The Morgan fingerprint density at radius 2 is 2.08 bits per heavy atom. The second-order valence-electron chi connectivity index (χ2n) is 5.52. The lowest BCUT2D eigenvalue weighted by molar-refractivity contribution is -0.155. The largest absolute Gasteiger partial charge is 0.481 e. The molecular weight excluding hydrogens is 308 g/mol. The van der Waals surface area contributed by atoms with Gasteiger partial charge in [-0.25, -0.2) is 9.78 Å². The van der Waals surface area contributed by atoms with Crippen LogP contribution in [0.25, 0.3) is 0 Å². The zero-order chi connectivity index (χ0) is 16.8. The third-order valence-electron chi connectivity index (χ3n) is 3.86. The number of nitrogens with one attached hydrogen (secondary N) is 1. The summed E-state index contributed by atoms with van der Waals surface area (Å²) in [4.78, 5) is 16.5. The van der Waals surface area contributed by atoms with Crippen molar-refractivity contribution in [3.05, 3.63) is 54.2 Å². The van der Waals surface area contributed by atoms with Gasteiger partial charge in [-0.15, -0.1) is 0 Å². The second kappa shape index (κ2) is 7.79. The average molecular weight is 328 g/mol. The molecule has 1 unspecified atom stereocenters. The highest BCUT2D eigenvalue weighted by Crippen LogP contribution is 2.20. The Labute approximate surface area is 140 Å². The fourth-order valence-electron chi connectivity index (χ4n) is 2.38. The molecule has 126 valence electrons. The van der Waals surface area contributed by atoms with Crippen LogP contribution in [0.2, 0.25) is 0 Å². The van der Waals surface area contributed by atoms with Crippen LogP contribution >= 0.6 is 0 Å². The van der Waals surface area contributed by atoms with Crippen LogP contribution in [0, 0.1) is 0 Å². The number of esters is 1. The fourth-order valence-corrected chi connectivity index (χ4v) is 2.38. The van der Waals surface area contributed by atoms with E-state index in [1.165, 1.54) is 6.20 Å². The second-order valence-corrected chi connectivity index (χ2v) is 5.52. The molecule has 0 spiro atoms. The first-order valence-corrected chi connectivity index (χ1v) is 7.87. The van der Waals surface area contributed by atoms with E-state index in [4.69, 9.17) is 14.2 Å². The molecule has 1 aliphatic heterocycles. The van der Waals surface area contributed by atoms with E-state index in [1.807, 2.05) is 30.3 Å². The number of carbonyl (C=O) groups excluding carboxylic acids is 1. The zero-order valence-electron chi connectivity index (χ0n) is 13.5. The molecule has 1 aromatic heterocycles. The van der Waals surface area contributed by atoms with Crippen LogP contribution in [-0.2, 0) is 16.1 Å². The molecule has 6 heteroatoms. The van der Waals surface area contributed by atoms with Gasteiger partial charge in [0.05, 0.1) is 19.3 Å². The van der Waals surface area contributed by atoms with Gasteiger partial charge in [0, 0.05) is 6.07 Å². The minimum Gasteiger partial charge on any atom is -0.481 e. The van der Waals surface area contributed by atoms with E-state index in [-0.39, 0.29) is 18.6 Å². The van der Waals surface area contributed by atoms with E-state index in [0.717, 1.165) is 18.5 Å². The van der Waals surface area contributed by atoms with Gasteiger partial charge in [-0.1, -0.05) is 30.3 Å². The van der Waals surface area contributed by atoms with E-state index >= 15 is 0 Å². The third-order valence-corrected chi connectivity index (χ3v) is 3.86. The Morgan fingerprint density at radius 3 is 2.67 bits per heavy atom. The molecule has 2 heterocycles. The summed E-state index contributed by atoms with van der Waals surface area (Å²) in [7, 11) is 1.55. The van der Waals surface area contributed by atoms with Gasteiger partial charge in [-0.05, 0) is 24.6 Å². The van der Waals surface area contributed by atoms with Gasteiger partial charge in [0.1, 0.15) is 12.4 Å². The summed E-state index contributed by atoms with van der Waals surface area (Å²) in [6.45, 7) is 1.10. The molecular formula is C18H20N2O4. The topological polar surface area (TPSA) is 69.7 Å². The maximum atomic E-state index is 12.4. The summed E-state index contributed by atoms with van der Waals surface area (Å²) in [6, 6.07) is 12.9. The molecule has 3 rings (SSSR count). The van der Waals surface area contributed by atoms with Gasteiger partial charge < -0.3 is 19.5 Å². The minimum atomic E-state index is -0.697. The summed E-state index contributed by atoms with van der Waals surface area (Å²) in [5, 5.41) is 3.20. The number of ether oxygens (including phenoxy) is 3. The molecule has 1 aliphatic rings. The normalized spacial score (nSPS) is 17.5. The van der Waals surface area contributed by atoms with Crippen molar-refractivity contribution in [3.8, 4) is 11.6 Å². The van der Waals surface area contributed by atoms with Crippen LogP contribution in [0.3, 0.4) is 0 Å². The molecule has 6 nitrogen and oxygen atoms in total. The number of rotatable bonds is 7. The molecule has 1 fully saturated rings. The Morgan fingerprint density at radius 1 is 1.29 bits per heavy atom. The van der Waals surface area contributed by atoms with E-state index in [2.05, 4.69) is 10.3 Å². The Balaban J connectivity index is 1.63. The number of hydrogen-bond acceptors (Lipinski definition) is 6. The highest BCUT2D eigenvalue weighted by atomic mass is 16.6. The van der Waals surface area contributed by atoms with E-state index in [1.54, 1.807) is 19.2 Å². The summed E-state index contributed by atoms with van der Waals surface area (Å²) < 4.78 is 16.2. The van der Waals surface area contributed by atoms with Gasteiger partial charge in [0.25, 0.3) is 0 Å². The highest BCUT2D eigenvalue weighted by Gasteiger charge is 2.35. The van der Waals surface area contributed by atoms with Crippen molar-refractivity contribution in [2.45, 2.75) is 25.2 Å². The van der Waals surface area contributed by atoms with E-state index < -0.39 is 6.10 Å². The molecule has 0 radical (unpaired) electrons. The third kappa shape index (κ3) is 4.02. The zero-order valence-corrected chi connectivity index (χ0v) is 13.5. The maximum absolute atomic E-state index is 12.4. The average Bonchev–Trinajstić information content (AvgIpc) is 2.59. The molecule has 0 amide bonds. The Bertz CT molecular complexity index is 656. The van der Waals surface area contributed by atoms with Gasteiger partial charge in [-0.3, -0.25) is 0 Å². The van der Waals surface area contributed by atoms with Crippen molar-refractivity contribution in [1.29, 1.82) is 0 Å². The van der Waals surface area contributed by atoms with Gasteiger partial charge in [-0.2, -0.15) is 0 Å². The van der Waals surface area contributed by atoms with Crippen LogP contribution in [0.15, 0.2) is 48.7 Å². The molecule has 0 bridgehead atoms. The number of aromatic nitrogens is 1. The molecule has 1 N–H and O–H groups in total. The molecule has 1 aromatic carbocycles. The van der Waals surface area contributed by atoms with Crippen molar-refractivity contribution in [2.75, 3.05) is 13.7 Å². The molecule has 0 aliphatic carbocycles. The Kier molecular flexibility index (Phi) is 5.28. The van der Waals surface area contributed by atoms with Crippen molar-refractivity contribution in [1.82, 2.24) is 10.3 Å². The quantitative estimate of drug-likeness (QED) is 0.784. The monoisotopic (exact) mass is 328 g/mol. The van der Waals surface area contributed by atoms with Crippen molar-refractivity contribution >= 4 is 5.97 Å². The smallest absolute Gasteiger partial charge is 0.349 e. The first kappa shape index (κ1) is 16.3. The predicted molar refractivity (Wildman–Crippen MR) is 87.9 cm³/mol. The van der Waals surface area contributed by atoms with E-state index in [0.29, 0.717) is 11.6 Å². The Hall–Kier alpha value is -2.60. The number of pyridine rings is 1. The summed E-state index contributed by atoms with van der Waals surface area (Å²) >= 11 is 0. The number of nitrogens with zero attached hydrogens (tertiary/aromatic N) is 1. The molecule has 24 heavy (non-hydrogen) atoms. The first-order chi connectivity index (χ1) is 11.8. The molecule has 0 saturated carbocycles. The van der Waals surface area contributed by atoms with Gasteiger partial charge >= 0.3 is 5.97 Å². The van der Waals surface area contributed by atoms with Gasteiger partial charge in [0.15, 0.2) is 0 Å². The van der Waals surface area contributed by atoms with Crippen LogP contribution < -0.4 is 14.8 Å². The molecule has 1 saturated heterocycles. The number of hydrogen-bond donors (Lipinski definition) is 1. The van der Waals surface area contributed by atoms with Crippen molar-refractivity contribution < 1.29 is 19.0 Å². The summed E-state index contributed by atoms with van der Waals surface area (Å²) in [5.74, 6) is 0.616. The maximum Gasteiger partial charge on any atom is 0.349 e. The lowest BCUT2D eigenvalue weighted by Gasteiger charge is -2.33. The van der Waals surface area contributed by atoms with Gasteiger partial charge in [0.2, 0.25) is 12.0 Å². The van der Waals surface area contributed by atoms with E-state index in [9.17, 15) is 4.79 Å². The molecule has 2 atom stereocenters. The minimum absolute atomic E-state index is 0.0459. The lowest BCUT2D eigenvalue weighted by atomic mass is 10.0. The predicted octanol–water partition coefficient (Wildman–Crippen LogP) is 1.94. The number of carbonyl (C=O) groups is 1. The van der Waals surface area contributed by atoms with Crippen LogP contribution in [0.1, 0.15) is 12.0 Å². The van der Waals surface area contributed by atoms with Crippen molar-refractivity contribution in [2.24, 2.45) is 0 Å². The lowest BCUT2D eigenvalue weighted by Crippen LogP contribution is -2.56. The number of methoxy groups -OCH3 is 1. The SMILES string of the molecule is COc1ccc(OC(C(=O)OCc2ccccc2)[C@@H]2CCN2)cn1. The van der Waals surface area contributed by atoms with Crippen LogP contribution in [0.4, 0.5) is 0 Å².